The molecule has 2 fully saturated rings. The molecule has 2 aliphatic rings. The Kier molecular flexibility index (Phi) is 5.33. The van der Waals surface area contributed by atoms with E-state index < -0.39 is 25.4 Å². The quantitative estimate of drug-likeness (QED) is 0.524. The monoisotopic (exact) mass is 480 g/mol. The SMILES string of the molecule is CC1(C)OB(c2ccc(-n3nc4ccc(B5OC(C)(C)C(C)(C)O5)cc4c3Cl)cc2)OC1(C)C. The predicted octanol–water partition coefficient (Wildman–Crippen LogP) is 4.28. The zero-order valence-corrected chi connectivity index (χ0v) is 21.9. The van der Waals surface area contributed by atoms with Crippen LogP contribution in [0.3, 0.4) is 0 Å². The maximum Gasteiger partial charge on any atom is 0.494 e. The average molecular weight is 481 g/mol. The van der Waals surface area contributed by atoms with Crippen LogP contribution in [-0.4, -0.2) is 46.4 Å². The fraction of sp³-hybridized carbons (Fsp3) is 0.480. The largest absolute Gasteiger partial charge is 0.494 e. The number of hydrogen-bond donors (Lipinski definition) is 0. The van der Waals surface area contributed by atoms with Crippen molar-refractivity contribution in [3.63, 3.8) is 0 Å². The first kappa shape index (κ1) is 23.9. The van der Waals surface area contributed by atoms with Crippen molar-refractivity contribution in [1.82, 2.24) is 9.78 Å². The van der Waals surface area contributed by atoms with Gasteiger partial charge < -0.3 is 18.6 Å². The van der Waals surface area contributed by atoms with Crippen molar-refractivity contribution in [2.24, 2.45) is 0 Å². The van der Waals surface area contributed by atoms with Crippen LogP contribution in [0, 0.1) is 0 Å². The van der Waals surface area contributed by atoms with Crippen molar-refractivity contribution >= 4 is 47.7 Å². The second-order valence-corrected chi connectivity index (χ2v) is 11.6. The van der Waals surface area contributed by atoms with Gasteiger partial charge in [-0.25, -0.2) is 4.68 Å². The Morgan fingerprint density at radius 3 is 1.62 bits per heavy atom. The maximum absolute atomic E-state index is 6.79. The molecule has 5 rings (SSSR count). The van der Waals surface area contributed by atoms with Crippen molar-refractivity contribution in [2.75, 3.05) is 0 Å². The van der Waals surface area contributed by atoms with E-state index >= 15 is 0 Å². The molecule has 0 N–H and O–H groups in total. The first-order chi connectivity index (χ1) is 15.7. The lowest BCUT2D eigenvalue weighted by molar-refractivity contribution is 0.00578. The first-order valence-electron chi connectivity index (χ1n) is 11.7. The van der Waals surface area contributed by atoms with Gasteiger partial charge in [-0.15, -0.1) is 0 Å². The summed E-state index contributed by atoms with van der Waals surface area (Å²) in [7, 11) is -0.860. The minimum absolute atomic E-state index is 0.381. The molecule has 2 aliphatic heterocycles. The van der Waals surface area contributed by atoms with Crippen LogP contribution in [0.5, 0.6) is 0 Å². The highest BCUT2D eigenvalue weighted by atomic mass is 35.5. The van der Waals surface area contributed by atoms with Gasteiger partial charge in [0, 0.05) is 5.39 Å². The number of aromatic nitrogens is 2. The molecule has 0 aliphatic carbocycles. The number of hydrogen-bond acceptors (Lipinski definition) is 5. The van der Waals surface area contributed by atoms with Crippen LogP contribution >= 0.6 is 11.6 Å². The summed E-state index contributed by atoms with van der Waals surface area (Å²) < 4.78 is 26.5. The van der Waals surface area contributed by atoms with E-state index in [1.165, 1.54) is 0 Å². The van der Waals surface area contributed by atoms with E-state index in [0.717, 1.165) is 27.5 Å². The van der Waals surface area contributed by atoms with Gasteiger partial charge in [0.1, 0.15) is 5.15 Å². The molecule has 0 amide bonds. The van der Waals surface area contributed by atoms with Crippen molar-refractivity contribution < 1.29 is 18.6 Å². The second-order valence-electron chi connectivity index (χ2n) is 11.2. The number of nitrogens with zero attached hydrogens (tertiary/aromatic N) is 2. The minimum atomic E-state index is -0.451. The fourth-order valence-electron chi connectivity index (χ4n) is 4.12. The van der Waals surface area contributed by atoms with Crippen LogP contribution < -0.4 is 10.9 Å². The zero-order chi connectivity index (χ0) is 24.7. The Morgan fingerprint density at radius 2 is 1.12 bits per heavy atom. The van der Waals surface area contributed by atoms with Gasteiger partial charge in [-0.05, 0) is 90.6 Å². The summed E-state index contributed by atoms with van der Waals surface area (Å²) in [5, 5.41) is 6.11. The number of halogens is 1. The average Bonchev–Trinajstić information content (AvgIpc) is 3.27. The van der Waals surface area contributed by atoms with Crippen LogP contribution in [0.15, 0.2) is 42.5 Å². The lowest BCUT2D eigenvalue weighted by atomic mass is 9.79. The Balaban J connectivity index is 1.42. The van der Waals surface area contributed by atoms with Crippen LogP contribution in [0.25, 0.3) is 16.6 Å². The Hall–Kier alpha value is -1.83. The topological polar surface area (TPSA) is 54.7 Å². The molecule has 0 spiro atoms. The summed E-state index contributed by atoms with van der Waals surface area (Å²) in [4.78, 5) is 0. The molecule has 178 valence electrons. The summed E-state index contributed by atoms with van der Waals surface area (Å²) in [5.74, 6) is 0. The Labute approximate surface area is 207 Å². The number of rotatable bonds is 3. The maximum atomic E-state index is 6.79. The number of fused-ring (bicyclic) bond motifs is 1. The van der Waals surface area contributed by atoms with Crippen molar-refractivity contribution in [3.05, 3.63) is 47.6 Å². The van der Waals surface area contributed by atoms with Gasteiger partial charge in [0.25, 0.3) is 0 Å². The highest BCUT2D eigenvalue weighted by molar-refractivity contribution is 6.62. The van der Waals surface area contributed by atoms with E-state index in [1.807, 2.05) is 97.9 Å². The summed E-state index contributed by atoms with van der Waals surface area (Å²) in [6.07, 6.45) is 0. The molecule has 2 saturated heterocycles. The van der Waals surface area contributed by atoms with Gasteiger partial charge in [0.05, 0.1) is 33.6 Å². The molecule has 3 aromatic rings. The summed E-state index contributed by atoms with van der Waals surface area (Å²) >= 11 is 6.79. The lowest BCUT2D eigenvalue weighted by Gasteiger charge is -2.32. The third kappa shape index (κ3) is 3.71. The molecule has 1 aromatic heterocycles. The van der Waals surface area contributed by atoms with E-state index in [-0.39, 0.29) is 11.2 Å². The van der Waals surface area contributed by atoms with Gasteiger partial charge >= 0.3 is 14.2 Å². The molecule has 34 heavy (non-hydrogen) atoms. The molecule has 2 aromatic carbocycles. The van der Waals surface area contributed by atoms with Crippen LogP contribution in [0.4, 0.5) is 0 Å². The third-order valence-electron chi connectivity index (χ3n) is 7.83. The summed E-state index contributed by atoms with van der Waals surface area (Å²) in [5.41, 5.74) is 1.97. The summed E-state index contributed by atoms with van der Waals surface area (Å²) in [6, 6.07) is 13.9. The van der Waals surface area contributed by atoms with Gasteiger partial charge in [0.15, 0.2) is 0 Å². The van der Waals surface area contributed by atoms with Gasteiger partial charge in [-0.3, -0.25) is 0 Å². The van der Waals surface area contributed by atoms with Crippen LogP contribution in [-0.2, 0) is 18.6 Å². The van der Waals surface area contributed by atoms with Gasteiger partial charge in [-0.1, -0.05) is 29.8 Å². The van der Waals surface area contributed by atoms with E-state index in [0.29, 0.717) is 5.15 Å². The fourth-order valence-corrected chi connectivity index (χ4v) is 4.41. The lowest BCUT2D eigenvalue weighted by Crippen LogP contribution is -2.41. The zero-order valence-electron chi connectivity index (χ0n) is 21.1. The highest BCUT2D eigenvalue weighted by Crippen LogP contribution is 2.38. The number of benzene rings is 2. The van der Waals surface area contributed by atoms with Gasteiger partial charge in [-0.2, -0.15) is 5.10 Å². The molecule has 0 unspecified atom stereocenters. The van der Waals surface area contributed by atoms with Crippen molar-refractivity contribution in [3.8, 4) is 5.69 Å². The summed E-state index contributed by atoms with van der Waals surface area (Å²) in [6.45, 7) is 16.4. The molecule has 0 radical (unpaired) electrons. The first-order valence-corrected chi connectivity index (χ1v) is 12.1. The standard InChI is InChI=1S/C25H31B2ClN2O4/c1-22(2)23(3,4)32-26(31-22)16-9-12-18(13-10-16)30-21(28)19-15-17(11-14-20(19)29-30)27-33-24(5,6)25(7,8)34-27/h9-15H,1-8H3. The van der Waals surface area contributed by atoms with Gasteiger partial charge in [0.2, 0.25) is 0 Å². The van der Waals surface area contributed by atoms with Crippen molar-refractivity contribution in [1.29, 1.82) is 0 Å². The smallest absolute Gasteiger partial charge is 0.399 e. The molecule has 3 heterocycles. The van der Waals surface area contributed by atoms with E-state index in [1.54, 1.807) is 4.68 Å². The predicted molar refractivity (Wildman–Crippen MR) is 138 cm³/mol. The third-order valence-corrected chi connectivity index (χ3v) is 8.19. The van der Waals surface area contributed by atoms with E-state index in [2.05, 4.69) is 0 Å². The van der Waals surface area contributed by atoms with Crippen LogP contribution in [0.2, 0.25) is 5.15 Å². The highest BCUT2D eigenvalue weighted by Gasteiger charge is 2.52. The molecule has 0 bridgehead atoms. The van der Waals surface area contributed by atoms with E-state index in [4.69, 9.17) is 35.3 Å². The molecule has 9 heteroatoms. The Morgan fingerprint density at radius 1 is 0.676 bits per heavy atom. The molecular weight excluding hydrogens is 449 g/mol. The molecule has 6 nitrogen and oxygen atoms in total. The molecular formula is C25H31B2ClN2O4. The molecule has 0 saturated carbocycles. The van der Waals surface area contributed by atoms with Crippen molar-refractivity contribution in [2.45, 2.75) is 77.8 Å². The van der Waals surface area contributed by atoms with E-state index in [9.17, 15) is 0 Å². The van der Waals surface area contributed by atoms with Crippen LogP contribution in [0.1, 0.15) is 55.4 Å². The normalized spacial score (nSPS) is 22.6. The molecule has 0 atom stereocenters. The second kappa shape index (κ2) is 7.58. The minimum Gasteiger partial charge on any atom is -0.399 e. The Bertz CT molecular complexity index is 1220.